The quantitative estimate of drug-likeness (QED) is 0.882. The molecule has 18 heavy (non-hydrogen) atoms. The molecule has 0 spiro atoms. The molecule has 3 atom stereocenters. The van der Waals surface area contributed by atoms with Gasteiger partial charge in [-0.2, -0.15) is 0 Å². The lowest BCUT2D eigenvalue weighted by atomic mass is 9.76. The Hall–Kier alpha value is -0.410. The molecule has 3 unspecified atom stereocenters. The van der Waals surface area contributed by atoms with E-state index in [1.807, 2.05) is 11.3 Å². The number of thiazole rings is 1. The van der Waals surface area contributed by atoms with Crippen LogP contribution in [0.5, 0.6) is 0 Å². The van der Waals surface area contributed by atoms with Gasteiger partial charge in [0.2, 0.25) is 0 Å². The van der Waals surface area contributed by atoms with Crippen molar-refractivity contribution < 1.29 is 0 Å². The van der Waals surface area contributed by atoms with Gasteiger partial charge in [-0.15, -0.1) is 11.3 Å². The zero-order valence-electron chi connectivity index (χ0n) is 12.1. The summed E-state index contributed by atoms with van der Waals surface area (Å²) in [4.78, 5) is 6.06. The van der Waals surface area contributed by atoms with Crippen molar-refractivity contribution in [2.24, 2.45) is 11.8 Å². The maximum Gasteiger partial charge on any atom is 0.0900 e. The minimum Gasteiger partial charge on any atom is -0.312 e. The lowest BCUT2D eigenvalue weighted by Crippen LogP contribution is -2.29. The van der Waals surface area contributed by atoms with Crippen molar-refractivity contribution in [2.45, 2.75) is 58.9 Å². The first-order valence-corrected chi connectivity index (χ1v) is 8.08. The fraction of sp³-hybridized carbons (Fsp3) is 0.800. The molecular formula is C15H26N2S. The minimum absolute atomic E-state index is 0.519. The first-order valence-electron chi connectivity index (χ1n) is 7.26. The van der Waals surface area contributed by atoms with Gasteiger partial charge in [-0.25, -0.2) is 4.98 Å². The summed E-state index contributed by atoms with van der Waals surface area (Å²) in [5.41, 5.74) is 1.23. The van der Waals surface area contributed by atoms with Crippen molar-refractivity contribution in [3.05, 3.63) is 15.6 Å². The van der Waals surface area contributed by atoms with Crippen molar-refractivity contribution in [3.63, 3.8) is 0 Å². The average molecular weight is 266 g/mol. The van der Waals surface area contributed by atoms with Gasteiger partial charge >= 0.3 is 0 Å². The highest BCUT2D eigenvalue weighted by atomic mass is 32.1. The highest BCUT2D eigenvalue weighted by Crippen LogP contribution is 2.40. The van der Waals surface area contributed by atoms with Gasteiger partial charge in [0.15, 0.2) is 0 Å². The molecule has 102 valence electrons. The van der Waals surface area contributed by atoms with Crippen LogP contribution in [0.15, 0.2) is 0 Å². The number of hydrogen-bond donors (Lipinski definition) is 1. The number of nitrogens with one attached hydrogen (secondary N) is 1. The van der Waals surface area contributed by atoms with Crippen LogP contribution in [0.2, 0.25) is 0 Å². The van der Waals surface area contributed by atoms with Crippen LogP contribution in [0.1, 0.15) is 60.6 Å². The maximum absolute atomic E-state index is 4.59. The second kappa shape index (κ2) is 6.16. The molecule has 1 fully saturated rings. The first-order chi connectivity index (χ1) is 8.65. The molecule has 1 aliphatic carbocycles. The molecule has 0 bridgehead atoms. The summed E-state index contributed by atoms with van der Waals surface area (Å²) in [6, 6.07) is 0.519. The largest absolute Gasteiger partial charge is 0.312 e. The monoisotopic (exact) mass is 266 g/mol. The van der Waals surface area contributed by atoms with Gasteiger partial charge in [-0.05, 0) is 45.6 Å². The second-order valence-corrected chi connectivity index (χ2v) is 6.88. The summed E-state index contributed by atoms with van der Waals surface area (Å²) in [6.45, 7) is 6.61. The highest BCUT2D eigenvalue weighted by Gasteiger charge is 2.29. The second-order valence-electron chi connectivity index (χ2n) is 5.65. The number of aryl methyl sites for hydroxylation is 2. The fourth-order valence-electron chi connectivity index (χ4n) is 3.42. The zero-order chi connectivity index (χ0) is 13.1. The van der Waals surface area contributed by atoms with Crippen LogP contribution < -0.4 is 5.32 Å². The minimum atomic E-state index is 0.519. The molecule has 1 aromatic heterocycles. The molecule has 0 amide bonds. The Labute approximate surface area is 115 Å². The summed E-state index contributed by atoms with van der Waals surface area (Å²) in [6.07, 6.45) is 6.94. The molecular weight excluding hydrogens is 240 g/mol. The third kappa shape index (κ3) is 2.94. The molecule has 1 heterocycles. The molecule has 2 nitrogen and oxygen atoms in total. The van der Waals surface area contributed by atoms with E-state index in [4.69, 9.17) is 0 Å². The van der Waals surface area contributed by atoms with Crippen molar-refractivity contribution in [1.29, 1.82) is 0 Å². The van der Waals surface area contributed by atoms with Crippen molar-refractivity contribution in [2.75, 3.05) is 7.05 Å². The van der Waals surface area contributed by atoms with Gasteiger partial charge in [0, 0.05) is 10.9 Å². The lowest BCUT2D eigenvalue weighted by molar-refractivity contribution is 0.216. The lowest BCUT2D eigenvalue weighted by Gasteiger charge is -2.34. The summed E-state index contributed by atoms with van der Waals surface area (Å²) in [5.74, 6) is 1.74. The van der Waals surface area contributed by atoms with Crippen LogP contribution >= 0.6 is 11.3 Å². The van der Waals surface area contributed by atoms with E-state index in [9.17, 15) is 0 Å². The molecule has 1 aromatic rings. The van der Waals surface area contributed by atoms with E-state index in [0.29, 0.717) is 6.04 Å². The van der Waals surface area contributed by atoms with E-state index in [1.165, 1.54) is 47.7 Å². The van der Waals surface area contributed by atoms with Crippen LogP contribution in [0, 0.1) is 25.7 Å². The Morgan fingerprint density at radius 1 is 1.39 bits per heavy atom. The highest BCUT2D eigenvalue weighted by molar-refractivity contribution is 7.11. The number of rotatable bonds is 4. The van der Waals surface area contributed by atoms with E-state index >= 15 is 0 Å². The third-order valence-electron chi connectivity index (χ3n) is 4.41. The normalized spacial score (nSPS) is 26.2. The van der Waals surface area contributed by atoms with Crippen molar-refractivity contribution >= 4 is 11.3 Å². The molecule has 3 heteroatoms. The predicted molar refractivity (Wildman–Crippen MR) is 79.1 cm³/mol. The molecule has 2 rings (SSSR count). The fourth-order valence-corrected chi connectivity index (χ4v) is 4.55. The summed E-state index contributed by atoms with van der Waals surface area (Å²) in [7, 11) is 2.11. The van der Waals surface area contributed by atoms with E-state index in [-0.39, 0.29) is 0 Å². The molecule has 1 saturated carbocycles. The van der Waals surface area contributed by atoms with E-state index in [0.717, 1.165) is 11.8 Å². The Kier molecular flexibility index (Phi) is 4.79. The SMILES string of the molecule is CCC1CCCC(C(NC)c2sc(C)nc2C)C1. The molecule has 1 aliphatic rings. The molecule has 0 aliphatic heterocycles. The Bertz CT molecular complexity index is 386. The molecule has 1 N–H and O–H groups in total. The van der Waals surface area contributed by atoms with Gasteiger partial charge in [0.25, 0.3) is 0 Å². The van der Waals surface area contributed by atoms with Gasteiger partial charge in [-0.1, -0.05) is 26.2 Å². The molecule has 0 aromatic carbocycles. The summed E-state index contributed by atoms with van der Waals surface area (Å²) in [5, 5.41) is 4.76. The van der Waals surface area contributed by atoms with Gasteiger partial charge < -0.3 is 5.32 Å². The van der Waals surface area contributed by atoms with Crippen molar-refractivity contribution in [1.82, 2.24) is 10.3 Å². The van der Waals surface area contributed by atoms with Crippen LogP contribution in [0.4, 0.5) is 0 Å². The first kappa shape index (κ1) is 14.0. The number of hydrogen-bond acceptors (Lipinski definition) is 3. The van der Waals surface area contributed by atoms with Crippen LogP contribution in [-0.2, 0) is 0 Å². The van der Waals surface area contributed by atoms with E-state index < -0.39 is 0 Å². The van der Waals surface area contributed by atoms with Crippen LogP contribution in [0.25, 0.3) is 0 Å². The predicted octanol–water partition coefficient (Wildman–Crippen LogP) is 4.24. The van der Waals surface area contributed by atoms with E-state index in [2.05, 4.69) is 38.1 Å². The Morgan fingerprint density at radius 3 is 2.72 bits per heavy atom. The number of aromatic nitrogens is 1. The summed E-state index contributed by atoms with van der Waals surface area (Å²) >= 11 is 1.88. The van der Waals surface area contributed by atoms with Crippen molar-refractivity contribution in [3.8, 4) is 0 Å². The van der Waals surface area contributed by atoms with Gasteiger partial charge in [0.1, 0.15) is 0 Å². The van der Waals surface area contributed by atoms with Crippen LogP contribution in [0.3, 0.4) is 0 Å². The molecule has 0 saturated heterocycles. The smallest absolute Gasteiger partial charge is 0.0900 e. The Balaban J connectivity index is 2.15. The zero-order valence-corrected chi connectivity index (χ0v) is 12.9. The maximum atomic E-state index is 4.59. The Morgan fingerprint density at radius 2 is 2.17 bits per heavy atom. The average Bonchev–Trinajstić information content (AvgIpc) is 2.70. The molecule has 0 radical (unpaired) electrons. The van der Waals surface area contributed by atoms with Crippen LogP contribution in [-0.4, -0.2) is 12.0 Å². The third-order valence-corrected chi connectivity index (χ3v) is 5.56. The van der Waals surface area contributed by atoms with E-state index in [1.54, 1.807) is 0 Å². The van der Waals surface area contributed by atoms with Gasteiger partial charge in [0.05, 0.1) is 10.7 Å². The topological polar surface area (TPSA) is 24.9 Å². The number of nitrogens with zero attached hydrogens (tertiary/aromatic N) is 1. The summed E-state index contributed by atoms with van der Waals surface area (Å²) < 4.78 is 0. The van der Waals surface area contributed by atoms with Gasteiger partial charge in [-0.3, -0.25) is 0 Å². The standard InChI is InChI=1S/C15H26N2S/c1-5-12-7-6-8-13(9-12)14(16-4)15-10(2)17-11(3)18-15/h12-14,16H,5-9H2,1-4H3.